The standard InChI is InChI=1S/C10H10N2O2/c11-10(13)9-6-8(12-14-9)7-4-2-1-3-5-7/h1-5,9H,6H2,(H2,11,13). The third-order valence-electron chi connectivity index (χ3n) is 2.09. The highest BCUT2D eigenvalue weighted by atomic mass is 16.6. The first-order valence-corrected chi connectivity index (χ1v) is 4.35. The van der Waals surface area contributed by atoms with Crippen molar-refractivity contribution in [3.05, 3.63) is 35.9 Å². The molecule has 4 heteroatoms. The fraction of sp³-hybridized carbons (Fsp3) is 0.200. The maximum absolute atomic E-state index is 10.8. The first-order valence-electron chi connectivity index (χ1n) is 4.35. The minimum atomic E-state index is -0.606. The van der Waals surface area contributed by atoms with E-state index in [-0.39, 0.29) is 0 Å². The van der Waals surface area contributed by atoms with Crippen molar-refractivity contribution < 1.29 is 9.63 Å². The second-order valence-corrected chi connectivity index (χ2v) is 3.10. The van der Waals surface area contributed by atoms with E-state index >= 15 is 0 Å². The molecule has 72 valence electrons. The van der Waals surface area contributed by atoms with Gasteiger partial charge in [-0.15, -0.1) is 0 Å². The molecule has 1 heterocycles. The van der Waals surface area contributed by atoms with Crippen LogP contribution in [0.4, 0.5) is 0 Å². The van der Waals surface area contributed by atoms with Gasteiger partial charge in [-0.2, -0.15) is 0 Å². The smallest absolute Gasteiger partial charge is 0.261 e. The van der Waals surface area contributed by atoms with Gasteiger partial charge >= 0.3 is 0 Å². The van der Waals surface area contributed by atoms with Crippen LogP contribution in [0.15, 0.2) is 35.5 Å². The lowest BCUT2D eigenvalue weighted by Gasteiger charge is -2.00. The second-order valence-electron chi connectivity index (χ2n) is 3.10. The molecule has 0 aromatic heterocycles. The molecule has 1 aliphatic rings. The topological polar surface area (TPSA) is 64.7 Å². The molecule has 1 amide bonds. The number of carbonyl (C=O) groups excluding carboxylic acids is 1. The zero-order chi connectivity index (χ0) is 9.97. The maximum atomic E-state index is 10.8. The average molecular weight is 190 g/mol. The molecule has 0 aliphatic carbocycles. The van der Waals surface area contributed by atoms with Gasteiger partial charge in [0.2, 0.25) is 6.10 Å². The zero-order valence-corrected chi connectivity index (χ0v) is 7.51. The van der Waals surface area contributed by atoms with Gasteiger partial charge in [0.25, 0.3) is 5.91 Å². The molecule has 1 unspecified atom stereocenters. The summed E-state index contributed by atoms with van der Waals surface area (Å²) in [5.41, 5.74) is 6.84. The molecule has 14 heavy (non-hydrogen) atoms. The number of rotatable bonds is 2. The minimum absolute atomic E-state index is 0.458. The molecule has 0 fully saturated rings. The highest BCUT2D eigenvalue weighted by molar-refractivity contribution is 6.03. The van der Waals surface area contributed by atoms with Gasteiger partial charge < -0.3 is 10.6 Å². The van der Waals surface area contributed by atoms with E-state index in [1.807, 2.05) is 30.3 Å². The van der Waals surface area contributed by atoms with Gasteiger partial charge in [0.05, 0.1) is 5.71 Å². The monoisotopic (exact) mass is 190 g/mol. The Balaban J connectivity index is 2.13. The number of nitrogens with zero attached hydrogens (tertiary/aromatic N) is 1. The Morgan fingerprint density at radius 3 is 2.71 bits per heavy atom. The fourth-order valence-electron chi connectivity index (χ4n) is 1.33. The average Bonchev–Trinajstić information content (AvgIpc) is 2.68. The van der Waals surface area contributed by atoms with Crippen molar-refractivity contribution in [2.75, 3.05) is 0 Å². The van der Waals surface area contributed by atoms with Gasteiger partial charge in [-0.1, -0.05) is 35.5 Å². The Morgan fingerprint density at radius 1 is 1.43 bits per heavy atom. The predicted octanol–water partition coefficient (Wildman–Crippen LogP) is 0.665. The molecule has 0 spiro atoms. The van der Waals surface area contributed by atoms with Crippen LogP contribution in [0.25, 0.3) is 0 Å². The van der Waals surface area contributed by atoms with Crippen LogP contribution in [0.3, 0.4) is 0 Å². The molecule has 0 saturated carbocycles. The van der Waals surface area contributed by atoms with Crippen molar-refractivity contribution in [1.82, 2.24) is 0 Å². The Hall–Kier alpha value is -1.84. The zero-order valence-electron chi connectivity index (χ0n) is 7.51. The summed E-state index contributed by atoms with van der Waals surface area (Å²) in [5, 5.41) is 3.82. The highest BCUT2D eigenvalue weighted by Gasteiger charge is 2.26. The predicted molar refractivity (Wildman–Crippen MR) is 51.7 cm³/mol. The van der Waals surface area contributed by atoms with E-state index < -0.39 is 12.0 Å². The van der Waals surface area contributed by atoms with Gasteiger partial charge in [-0.3, -0.25) is 4.79 Å². The fourth-order valence-corrected chi connectivity index (χ4v) is 1.33. The van der Waals surface area contributed by atoms with Gasteiger partial charge in [0.15, 0.2) is 0 Å². The number of hydrogen-bond acceptors (Lipinski definition) is 3. The van der Waals surface area contributed by atoms with Crippen LogP contribution in [0.2, 0.25) is 0 Å². The SMILES string of the molecule is NC(=O)C1CC(c2ccccc2)=NO1. The molecule has 0 saturated heterocycles. The lowest BCUT2D eigenvalue weighted by molar-refractivity contribution is -0.127. The number of amides is 1. The Bertz CT molecular complexity index is 373. The number of nitrogens with two attached hydrogens (primary N) is 1. The van der Waals surface area contributed by atoms with Crippen LogP contribution < -0.4 is 5.73 Å². The van der Waals surface area contributed by atoms with Crippen LogP contribution in [0.1, 0.15) is 12.0 Å². The summed E-state index contributed by atoms with van der Waals surface area (Å²) in [6.45, 7) is 0. The van der Waals surface area contributed by atoms with Crippen molar-refractivity contribution in [2.24, 2.45) is 10.9 Å². The van der Waals surface area contributed by atoms with Crippen LogP contribution in [-0.2, 0) is 9.63 Å². The number of carbonyl (C=O) groups is 1. The largest absolute Gasteiger partial charge is 0.382 e. The van der Waals surface area contributed by atoms with Crippen LogP contribution in [0.5, 0.6) is 0 Å². The molecule has 0 radical (unpaired) electrons. The van der Waals surface area contributed by atoms with Crippen molar-refractivity contribution in [1.29, 1.82) is 0 Å². The van der Waals surface area contributed by atoms with E-state index in [0.717, 1.165) is 11.3 Å². The third-order valence-corrected chi connectivity index (χ3v) is 2.09. The number of oxime groups is 1. The van der Waals surface area contributed by atoms with E-state index in [2.05, 4.69) is 5.16 Å². The number of hydrogen-bond donors (Lipinski definition) is 1. The lowest BCUT2D eigenvalue weighted by Crippen LogP contribution is -2.28. The van der Waals surface area contributed by atoms with Gasteiger partial charge in [0, 0.05) is 6.42 Å². The first kappa shape index (κ1) is 8.74. The van der Waals surface area contributed by atoms with E-state index in [9.17, 15) is 4.79 Å². The summed E-state index contributed by atoms with van der Waals surface area (Å²) in [6.07, 6.45) is -0.149. The molecular formula is C10H10N2O2. The van der Waals surface area contributed by atoms with Crippen molar-refractivity contribution in [3.8, 4) is 0 Å². The second kappa shape index (κ2) is 3.49. The van der Waals surface area contributed by atoms with Crippen molar-refractivity contribution in [3.63, 3.8) is 0 Å². The van der Waals surface area contributed by atoms with Crippen molar-refractivity contribution >= 4 is 11.6 Å². The number of primary amides is 1. The summed E-state index contributed by atoms with van der Waals surface area (Å²) in [5.74, 6) is -0.473. The molecule has 2 rings (SSSR count). The molecule has 1 atom stereocenters. The highest BCUT2D eigenvalue weighted by Crippen LogP contribution is 2.15. The molecule has 1 aromatic rings. The summed E-state index contributed by atoms with van der Waals surface area (Å²) in [6, 6.07) is 9.59. The summed E-state index contributed by atoms with van der Waals surface area (Å²) >= 11 is 0. The Morgan fingerprint density at radius 2 is 2.14 bits per heavy atom. The van der Waals surface area contributed by atoms with Crippen LogP contribution >= 0.6 is 0 Å². The van der Waals surface area contributed by atoms with Crippen LogP contribution in [0, 0.1) is 0 Å². The van der Waals surface area contributed by atoms with E-state index in [4.69, 9.17) is 10.6 Å². The number of benzene rings is 1. The minimum Gasteiger partial charge on any atom is -0.382 e. The summed E-state index contributed by atoms with van der Waals surface area (Å²) in [7, 11) is 0. The molecule has 2 N–H and O–H groups in total. The molecule has 1 aromatic carbocycles. The van der Waals surface area contributed by atoms with Gasteiger partial charge in [0.1, 0.15) is 0 Å². The summed E-state index contributed by atoms with van der Waals surface area (Å²) in [4.78, 5) is 15.7. The van der Waals surface area contributed by atoms with Gasteiger partial charge in [-0.25, -0.2) is 0 Å². The van der Waals surface area contributed by atoms with E-state index in [1.165, 1.54) is 0 Å². The quantitative estimate of drug-likeness (QED) is 0.744. The van der Waals surface area contributed by atoms with E-state index in [1.54, 1.807) is 0 Å². The first-order chi connectivity index (χ1) is 6.77. The maximum Gasteiger partial charge on any atom is 0.261 e. The molecular weight excluding hydrogens is 180 g/mol. The van der Waals surface area contributed by atoms with Crippen LogP contribution in [-0.4, -0.2) is 17.7 Å². The normalized spacial score (nSPS) is 20.0. The lowest BCUT2D eigenvalue weighted by atomic mass is 10.1. The van der Waals surface area contributed by atoms with E-state index in [0.29, 0.717) is 6.42 Å². The van der Waals surface area contributed by atoms with Crippen molar-refractivity contribution in [2.45, 2.75) is 12.5 Å². The molecule has 0 bridgehead atoms. The third kappa shape index (κ3) is 1.59. The molecule has 1 aliphatic heterocycles. The Kier molecular flexibility index (Phi) is 2.18. The Labute approximate surface area is 81.3 Å². The van der Waals surface area contributed by atoms with Gasteiger partial charge in [-0.05, 0) is 5.56 Å². The summed E-state index contributed by atoms with van der Waals surface area (Å²) < 4.78 is 0. The molecule has 4 nitrogen and oxygen atoms in total.